The molecule has 0 atom stereocenters. The topological polar surface area (TPSA) is 126 Å². The lowest BCUT2D eigenvalue weighted by Crippen LogP contribution is -2.38. The number of alkyl halides is 3. The molecule has 3 aromatic heterocycles. The van der Waals surface area contributed by atoms with Crippen LogP contribution in [-0.4, -0.2) is 31.1 Å². The summed E-state index contributed by atoms with van der Waals surface area (Å²) in [4.78, 5) is 25.3. The number of rotatable bonds is 7. The number of thiazole rings is 1. The summed E-state index contributed by atoms with van der Waals surface area (Å²) in [6.45, 7) is 2.13. The summed E-state index contributed by atoms with van der Waals surface area (Å²) < 4.78 is 44.1. The zero-order valence-corrected chi connectivity index (χ0v) is 21.6. The third-order valence-corrected chi connectivity index (χ3v) is 7.82. The van der Waals surface area contributed by atoms with Crippen LogP contribution in [0, 0.1) is 12.8 Å². The smallest absolute Gasteiger partial charge is 0.383 e. The van der Waals surface area contributed by atoms with Crippen LogP contribution in [-0.2, 0) is 23.1 Å². The quantitative estimate of drug-likeness (QED) is 0.277. The zero-order valence-electron chi connectivity index (χ0n) is 20.8. The molecule has 0 unspecified atom stereocenters. The number of carbonyl (C=O) groups is 1. The van der Waals surface area contributed by atoms with Gasteiger partial charge >= 0.3 is 6.18 Å². The van der Waals surface area contributed by atoms with Crippen LogP contribution in [0.4, 0.5) is 24.8 Å². The number of aryl methyl sites for hydroxylation is 1. The Morgan fingerprint density at radius 1 is 1.18 bits per heavy atom. The Morgan fingerprint density at radius 3 is 2.69 bits per heavy atom. The third-order valence-electron chi connectivity index (χ3n) is 6.58. The lowest BCUT2D eigenvalue weighted by atomic mass is 9.78. The van der Waals surface area contributed by atoms with Gasteiger partial charge in [-0.3, -0.25) is 4.79 Å². The Hall–Kier alpha value is -3.84. The Bertz CT molecular complexity index is 1450. The first-order valence-electron chi connectivity index (χ1n) is 12.2. The van der Waals surface area contributed by atoms with E-state index in [1.807, 2.05) is 13.0 Å². The van der Waals surface area contributed by atoms with Crippen molar-refractivity contribution in [3.8, 4) is 10.4 Å². The van der Waals surface area contributed by atoms with Gasteiger partial charge in [-0.2, -0.15) is 13.2 Å². The molecule has 1 aliphatic rings. The number of hydrogen-bond acceptors (Lipinski definition) is 9. The average Bonchev–Trinajstić information content (AvgIpc) is 3.60. The number of amides is 1. The Balaban J connectivity index is 1.25. The van der Waals surface area contributed by atoms with Crippen LogP contribution < -0.4 is 10.6 Å². The SMILES string of the molecule is Cc1cc(Nc2nccc(C(F)(F)F)n2)cc(-c2cnc([C@]3(O)CC[C@H](C(=O)NCc4ccno4)CC3)s2)c1. The summed E-state index contributed by atoms with van der Waals surface area (Å²) in [5, 5.41) is 21.2. The molecule has 13 heteroatoms. The molecule has 9 nitrogen and oxygen atoms in total. The number of aliphatic hydroxyl groups is 1. The van der Waals surface area contributed by atoms with Gasteiger partial charge in [0.25, 0.3) is 0 Å². The van der Waals surface area contributed by atoms with Gasteiger partial charge in [0.05, 0.1) is 17.6 Å². The monoisotopic (exact) mass is 558 g/mol. The van der Waals surface area contributed by atoms with Crippen LogP contribution in [0.25, 0.3) is 10.4 Å². The molecule has 1 aliphatic carbocycles. The first kappa shape index (κ1) is 26.8. The van der Waals surface area contributed by atoms with E-state index >= 15 is 0 Å². The Labute approximate surface area is 225 Å². The van der Waals surface area contributed by atoms with E-state index in [0.717, 1.165) is 28.3 Å². The predicted molar refractivity (Wildman–Crippen MR) is 137 cm³/mol. The van der Waals surface area contributed by atoms with Gasteiger partial charge in [0, 0.05) is 30.1 Å². The molecule has 0 aliphatic heterocycles. The van der Waals surface area contributed by atoms with Crippen LogP contribution in [0.5, 0.6) is 0 Å². The molecule has 39 heavy (non-hydrogen) atoms. The molecule has 0 spiro atoms. The van der Waals surface area contributed by atoms with Crippen LogP contribution in [0.1, 0.15) is 47.7 Å². The predicted octanol–water partition coefficient (Wildman–Crippen LogP) is 5.35. The molecular weight excluding hydrogens is 533 g/mol. The molecule has 1 fully saturated rings. The Morgan fingerprint density at radius 2 is 1.97 bits per heavy atom. The third kappa shape index (κ3) is 6.25. The fourth-order valence-electron chi connectivity index (χ4n) is 4.55. The van der Waals surface area contributed by atoms with Gasteiger partial charge in [0.15, 0.2) is 5.76 Å². The van der Waals surface area contributed by atoms with Crippen molar-refractivity contribution in [3.05, 3.63) is 70.9 Å². The van der Waals surface area contributed by atoms with Crippen molar-refractivity contribution in [3.63, 3.8) is 0 Å². The summed E-state index contributed by atoms with van der Waals surface area (Å²) in [5.74, 6) is 0.110. The molecule has 0 saturated heterocycles. The van der Waals surface area contributed by atoms with Crippen molar-refractivity contribution in [1.29, 1.82) is 0 Å². The normalized spacial score (nSPS) is 19.6. The van der Waals surface area contributed by atoms with E-state index in [0.29, 0.717) is 42.1 Å². The van der Waals surface area contributed by atoms with E-state index in [1.54, 1.807) is 24.4 Å². The minimum atomic E-state index is -4.57. The number of nitrogens with zero attached hydrogens (tertiary/aromatic N) is 4. The number of nitrogens with one attached hydrogen (secondary N) is 2. The molecule has 1 aromatic carbocycles. The van der Waals surface area contributed by atoms with Gasteiger partial charge in [-0.25, -0.2) is 15.0 Å². The number of aromatic nitrogens is 4. The molecule has 3 heterocycles. The van der Waals surface area contributed by atoms with Gasteiger partial charge in [-0.05, 0) is 61.9 Å². The standard InChI is InChI=1S/C26H25F3N6O3S/c1-15-10-17(12-18(11-15)34-24-30-8-5-21(35-24)26(27,28)29)20-14-32-23(39-20)25(37)6-2-16(3-7-25)22(36)31-13-19-4-9-33-38-19/h4-5,8-12,14,16,37H,2-3,6-7,13H2,1H3,(H,31,36)(H,30,34,35)/t16-,25-. The molecule has 3 N–H and O–H groups in total. The summed E-state index contributed by atoms with van der Waals surface area (Å²) in [7, 11) is 0. The van der Waals surface area contributed by atoms with Crippen LogP contribution in [0.3, 0.4) is 0 Å². The minimum absolute atomic E-state index is 0.0854. The number of hydrogen-bond donors (Lipinski definition) is 3. The van der Waals surface area contributed by atoms with E-state index in [2.05, 4.69) is 30.7 Å². The summed E-state index contributed by atoms with van der Waals surface area (Å²) in [5.41, 5.74) is 0.0105. The number of halogens is 3. The maximum Gasteiger partial charge on any atom is 0.433 e. The highest BCUT2D eigenvalue weighted by Gasteiger charge is 2.39. The van der Waals surface area contributed by atoms with E-state index in [4.69, 9.17) is 4.52 Å². The number of carbonyl (C=O) groups excluding carboxylic acids is 1. The molecule has 0 radical (unpaired) electrons. The first-order chi connectivity index (χ1) is 18.6. The van der Waals surface area contributed by atoms with Crippen LogP contribution in [0.2, 0.25) is 0 Å². The molecule has 4 aromatic rings. The molecule has 5 rings (SSSR count). The van der Waals surface area contributed by atoms with Crippen molar-refractivity contribution in [1.82, 2.24) is 25.4 Å². The second-order valence-corrected chi connectivity index (χ2v) is 10.5. The van der Waals surface area contributed by atoms with Crippen LogP contribution in [0.15, 0.2) is 53.4 Å². The highest BCUT2D eigenvalue weighted by Crippen LogP contribution is 2.43. The van der Waals surface area contributed by atoms with Gasteiger partial charge < -0.3 is 20.3 Å². The molecule has 1 saturated carbocycles. The van der Waals surface area contributed by atoms with Gasteiger partial charge in [0.1, 0.15) is 16.3 Å². The zero-order chi connectivity index (χ0) is 27.6. The first-order valence-corrected chi connectivity index (χ1v) is 13.1. The Kier molecular flexibility index (Phi) is 7.36. The van der Waals surface area contributed by atoms with Gasteiger partial charge in [-0.15, -0.1) is 11.3 Å². The van der Waals surface area contributed by atoms with Crippen molar-refractivity contribution in [2.24, 2.45) is 5.92 Å². The molecule has 0 bridgehead atoms. The van der Waals surface area contributed by atoms with E-state index in [9.17, 15) is 23.1 Å². The van der Waals surface area contributed by atoms with E-state index in [1.165, 1.54) is 17.5 Å². The highest BCUT2D eigenvalue weighted by molar-refractivity contribution is 7.15. The van der Waals surface area contributed by atoms with Crippen molar-refractivity contribution < 1.29 is 27.6 Å². The number of benzene rings is 1. The maximum absolute atomic E-state index is 13.0. The maximum atomic E-state index is 13.0. The van der Waals surface area contributed by atoms with E-state index < -0.39 is 17.5 Å². The van der Waals surface area contributed by atoms with Crippen molar-refractivity contribution in [2.45, 2.75) is 50.9 Å². The van der Waals surface area contributed by atoms with Crippen LogP contribution >= 0.6 is 11.3 Å². The van der Waals surface area contributed by atoms with Gasteiger partial charge in [0.2, 0.25) is 11.9 Å². The van der Waals surface area contributed by atoms with Crippen molar-refractivity contribution >= 4 is 28.9 Å². The summed E-state index contributed by atoms with van der Waals surface area (Å²) in [6, 6.07) is 7.97. The summed E-state index contributed by atoms with van der Waals surface area (Å²) >= 11 is 1.35. The molecule has 204 valence electrons. The summed E-state index contributed by atoms with van der Waals surface area (Å²) in [6.07, 6.45) is 1.50. The molecule has 1 amide bonds. The second-order valence-electron chi connectivity index (χ2n) is 9.51. The minimum Gasteiger partial charge on any atom is -0.383 e. The average molecular weight is 559 g/mol. The fraction of sp³-hybridized carbons (Fsp3) is 0.346. The number of anilines is 2. The lowest BCUT2D eigenvalue weighted by molar-refractivity contribution is -0.141. The van der Waals surface area contributed by atoms with E-state index in [-0.39, 0.29) is 24.3 Å². The second kappa shape index (κ2) is 10.7. The van der Waals surface area contributed by atoms with Crippen molar-refractivity contribution in [2.75, 3.05) is 5.32 Å². The van der Waals surface area contributed by atoms with Gasteiger partial charge in [-0.1, -0.05) is 11.2 Å². The molecular formula is C26H25F3N6O3S. The highest BCUT2D eigenvalue weighted by atomic mass is 32.1. The fourth-order valence-corrected chi connectivity index (χ4v) is 5.60. The lowest BCUT2D eigenvalue weighted by Gasteiger charge is -2.33. The largest absolute Gasteiger partial charge is 0.433 e.